The monoisotopic (exact) mass is 401 g/mol. The normalized spacial score (nSPS) is 13.6. The number of carbonyl (C=O) groups is 2. The third-order valence-electron chi connectivity index (χ3n) is 4.92. The van der Waals surface area contributed by atoms with Crippen molar-refractivity contribution in [1.82, 2.24) is 14.9 Å². The van der Waals surface area contributed by atoms with E-state index in [2.05, 4.69) is 48.4 Å². The lowest BCUT2D eigenvalue weighted by Gasteiger charge is -2.22. The molecular weight excluding hydrogens is 370 g/mol. The fourth-order valence-electron chi connectivity index (χ4n) is 3.25. The number of carboxylic acids is 2. The molecule has 0 amide bonds. The molecule has 0 radical (unpaired) electrons. The number of hydrogen-bond acceptors (Lipinski definition) is 4. The van der Waals surface area contributed by atoms with Gasteiger partial charge in [-0.1, -0.05) is 52.0 Å². The summed E-state index contributed by atoms with van der Waals surface area (Å²) in [5.74, 6) is -1.52. The van der Waals surface area contributed by atoms with Gasteiger partial charge in [-0.05, 0) is 29.4 Å². The summed E-state index contributed by atoms with van der Waals surface area (Å²) >= 11 is 0. The van der Waals surface area contributed by atoms with Crippen LogP contribution in [0.2, 0.25) is 0 Å². The van der Waals surface area contributed by atoms with E-state index in [1.54, 1.807) is 12.5 Å². The predicted molar refractivity (Wildman–Crippen MR) is 111 cm³/mol. The number of aromatic nitrogens is 2. The van der Waals surface area contributed by atoms with Crippen molar-refractivity contribution in [3.8, 4) is 0 Å². The maximum atomic E-state index is 11.8. The largest absolute Gasteiger partial charge is 0.480 e. The van der Waals surface area contributed by atoms with Crippen molar-refractivity contribution in [2.75, 3.05) is 0 Å². The number of nitrogens with zero attached hydrogens (tertiary/aromatic N) is 2. The number of nitrogens with one attached hydrogen (secondary N) is 1. The van der Waals surface area contributed by atoms with Crippen molar-refractivity contribution < 1.29 is 19.8 Å². The van der Waals surface area contributed by atoms with Gasteiger partial charge in [-0.25, -0.2) is 4.98 Å². The molecule has 0 bridgehead atoms. The van der Waals surface area contributed by atoms with Gasteiger partial charge in [-0.2, -0.15) is 0 Å². The molecule has 0 saturated carbocycles. The van der Waals surface area contributed by atoms with Crippen LogP contribution >= 0.6 is 0 Å². The topological polar surface area (TPSA) is 104 Å². The minimum Gasteiger partial charge on any atom is -0.480 e. The molecule has 3 N–H and O–H groups in total. The Balaban J connectivity index is 2.12. The van der Waals surface area contributed by atoms with E-state index in [9.17, 15) is 19.8 Å². The fourth-order valence-corrected chi connectivity index (χ4v) is 3.25. The fraction of sp³-hybridized carbons (Fsp3) is 0.500. The van der Waals surface area contributed by atoms with Gasteiger partial charge in [0.1, 0.15) is 12.1 Å². The average Bonchev–Trinajstić information content (AvgIpc) is 3.07. The van der Waals surface area contributed by atoms with Gasteiger partial charge in [0.2, 0.25) is 0 Å². The molecule has 29 heavy (non-hydrogen) atoms. The molecule has 0 aliphatic rings. The van der Waals surface area contributed by atoms with Gasteiger partial charge in [0.05, 0.1) is 6.33 Å². The highest BCUT2D eigenvalue weighted by Crippen LogP contribution is 2.16. The second-order valence-electron chi connectivity index (χ2n) is 8.19. The van der Waals surface area contributed by atoms with Crippen molar-refractivity contribution in [3.63, 3.8) is 0 Å². The Bertz CT molecular complexity index is 812. The van der Waals surface area contributed by atoms with Gasteiger partial charge in [-0.3, -0.25) is 14.9 Å². The summed E-state index contributed by atoms with van der Waals surface area (Å²) in [6, 6.07) is 6.41. The molecule has 158 valence electrons. The van der Waals surface area contributed by atoms with E-state index in [1.165, 1.54) is 5.56 Å². The van der Waals surface area contributed by atoms with E-state index >= 15 is 0 Å². The molecule has 1 heterocycles. The summed E-state index contributed by atoms with van der Waals surface area (Å²) in [4.78, 5) is 27.4. The van der Waals surface area contributed by atoms with Crippen LogP contribution in [-0.4, -0.2) is 43.8 Å². The lowest BCUT2D eigenvalue weighted by molar-refractivity contribution is -0.142. The maximum Gasteiger partial charge on any atom is 0.321 e. The number of aliphatic carboxylic acids is 2. The standard InChI is InChI=1S/C22H31N3O4/c1-14(2)9-19(21(26)27)24-20(22(28)29)10-18-11-23-13-25(18)12-16-5-7-17(8-6-16)15(3)4/h5-8,11,13-15,19-20,24H,9-10,12H2,1-4H3,(H,26,27)(H,28,29)/t19?,20-/m0/s1. The number of benzene rings is 1. The van der Waals surface area contributed by atoms with Crippen LogP contribution < -0.4 is 5.32 Å². The Labute approximate surface area is 171 Å². The zero-order chi connectivity index (χ0) is 21.6. The number of carboxylic acid groups (broad SMARTS) is 2. The van der Waals surface area contributed by atoms with Crippen molar-refractivity contribution in [1.29, 1.82) is 0 Å². The molecule has 7 heteroatoms. The zero-order valence-corrected chi connectivity index (χ0v) is 17.5. The van der Waals surface area contributed by atoms with E-state index in [1.807, 2.05) is 18.4 Å². The van der Waals surface area contributed by atoms with Crippen LogP contribution in [0, 0.1) is 5.92 Å². The molecule has 7 nitrogen and oxygen atoms in total. The van der Waals surface area contributed by atoms with Crippen molar-refractivity contribution in [2.24, 2.45) is 5.92 Å². The lowest BCUT2D eigenvalue weighted by Crippen LogP contribution is -2.49. The summed E-state index contributed by atoms with van der Waals surface area (Å²) in [5.41, 5.74) is 3.10. The molecule has 0 aliphatic heterocycles. The summed E-state index contributed by atoms with van der Waals surface area (Å²) in [5, 5.41) is 21.8. The van der Waals surface area contributed by atoms with Gasteiger partial charge >= 0.3 is 11.9 Å². The summed E-state index contributed by atoms with van der Waals surface area (Å²) < 4.78 is 1.90. The second-order valence-corrected chi connectivity index (χ2v) is 8.19. The van der Waals surface area contributed by atoms with E-state index in [0.29, 0.717) is 18.9 Å². The Hall–Kier alpha value is -2.67. The van der Waals surface area contributed by atoms with Crippen molar-refractivity contribution in [2.45, 2.75) is 65.1 Å². The Morgan fingerprint density at radius 1 is 1.03 bits per heavy atom. The quantitative estimate of drug-likeness (QED) is 0.534. The third-order valence-corrected chi connectivity index (χ3v) is 4.92. The first-order valence-corrected chi connectivity index (χ1v) is 9.96. The molecule has 2 rings (SSSR count). The summed E-state index contributed by atoms with van der Waals surface area (Å²) in [7, 11) is 0. The van der Waals surface area contributed by atoms with Gasteiger partial charge in [0.25, 0.3) is 0 Å². The summed E-state index contributed by atoms with van der Waals surface area (Å²) in [6.07, 6.45) is 3.83. The van der Waals surface area contributed by atoms with Crippen molar-refractivity contribution >= 4 is 11.9 Å². The Morgan fingerprint density at radius 2 is 1.66 bits per heavy atom. The molecule has 2 atom stereocenters. The SMILES string of the molecule is CC(C)CC(N[C@@H](Cc1cncn1Cc1ccc(C(C)C)cc1)C(=O)O)C(=O)O. The molecule has 0 saturated heterocycles. The van der Waals surface area contributed by atoms with Crippen LogP contribution in [0.4, 0.5) is 0 Å². The number of imidazole rings is 1. The first-order valence-electron chi connectivity index (χ1n) is 9.96. The van der Waals surface area contributed by atoms with E-state index in [0.717, 1.165) is 11.3 Å². The molecule has 0 fully saturated rings. The first-order chi connectivity index (χ1) is 13.7. The highest BCUT2D eigenvalue weighted by Gasteiger charge is 2.27. The van der Waals surface area contributed by atoms with Crippen LogP contribution in [0.1, 0.15) is 56.9 Å². The molecular formula is C22H31N3O4. The van der Waals surface area contributed by atoms with Crippen LogP contribution in [0.25, 0.3) is 0 Å². The highest BCUT2D eigenvalue weighted by atomic mass is 16.4. The van der Waals surface area contributed by atoms with Crippen LogP contribution in [0.5, 0.6) is 0 Å². The molecule has 1 aromatic carbocycles. The number of rotatable bonds is 11. The molecule has 0 aliphatic carbocycles. The van der Waals surface area contributed by atoms with Crippen LogP contribution in [-0.2, 0) is 22.6 Å². The molecule has 1 unspecified atom stereocenters. The van der Waals surface area contributed by atoms with Gasteiger partial charge in [0, 0.05) is 24.9 Å². The molecule has 1 aromatic heterocycles. The van der Waals surface area contributed by atoms with Crippen LogP contribution in [0.3, 0.4) is 0 Å². The van der Waals surface area contributed by atoms with E-state index < -0.39 is 24.0 Å². The average molecular weight is 402 g/mol. The lowest BCUT2D eigenvalue weighted by atomic mass is 10.0. The van der Waals surface area contributed by atoms with E-state index in [-0.39, 0.29) is 12.3 Å². The minimum atomic E-state index is -1.07. The van der Waals surface area contributed by atoms with Crippen LogP contribution in [0.15, 0.2) is 36.8 Å². The summed E-state index contributed by atoms with van der Waals surface area (Å²) in [6.45, 7) is 8.69. The molecule has 2 aromatic rings. The smallest absolute Gasteiger partial charge is 0.321 e. The predicted octanol–water partition coefficient (Wildman–Crippen LogP) is 3.14. The van der Waals surface area contributed by atoms with Crippen molar-refractivity contribution in [3.05, 3.63) is 53.6 Å². The third kappa shape index (κ3) is 6.71. The van der Waals surface area contributed by atoms with E-state index in [4.69, 9.17) is 0 Å². The second kappa shape index (κ2) is 10.2. The Morgan fingerprint density at radius 3 is 2.17 bits per heavy atom. The highest BCUT2D eigenvalue weighted by molar-refractivity contribution is 5.77. The Kier molecular flexibility index (Phi) is 7.96. The first kappa shape index (κ1) is 22.6. The maximum absolute atomic E-state index is 11.8. The zero-order valence-electron chi connectivity index (χ0n) is 17.5. The van der Waals surface area contributed by atoms with Gasteiger partial charge < -0.3 is 14.8 Å². The van der Waals surface area contributed by atoms with Gasteiger partial charge in [0.15, 0.2) is 0 Å². The van der Waals surface area contributed by atoms with Gasteiger partial charge in [-0.15, -0.1) is 0 Å². The molecule has 0 spiro atoms. The minimum absolute atomic E-state index is 0.136. The number of hydrogen-bond donors (Lipinski definition) is 3.